The lowest BCUT2D eigenvalue weighted by molar-refractivity contribution is 0.843. The maximum atomic E-state index is 5.72. The van der Waals surface area contributed by atoms with E-state index in [1.54, 1.807) is 0 Å². The van der Waals surface area contributed by atoms with Crippen LogP contribution < -0.4 is 10.6 Å². The lowest BCUT2D eigenvalue weighted by Crippen LogP contribution is -2.33. The van der Waals surface area contributed by atoms with Crippen molar-refractivity contribution in [2.75, 3.05) is 35.2 Å². The Labute approximate surface area is 97.4 Å². The molecular formula is C10H13N5S. The number of thioether (sulfide) groups is 1. The zero-order valence-corrected chi connectivity index (χ0v) is 9.63. The lowest BCUT2D eigenvalue weighted by Gasteiger charge is -2.27. The van der Waals surface area contributed by atoms with Crippen molar-refractivity contribution in [1.29, 1.82) is 0 Å². The van der Waals surface area contributed by atoms with E-state index in [2.05, 4.69) is 19.9 Å². The maximum Gasteiger partial charge on any atom is 0.223 e. The first-order chi connectivity index (χ1) is 7.84. The molecule has 0 bridgehead atoms. The van der Waals surface area contributed by atoms with Gasteiger partial charge < -0.3 is 15.6 Å². The zero-order valence-electron chi connectivity index (χ0n) is 8.81. The first kappa shape index (κ1) is 9.77. The van der Waals surface area contributed by atoms with Crippen LogP contribution in [0.5, 0.6) is 0 Å². The summed E-state index contributed by atoms with van der Waals surface area (Å²) in [7, 11) is 0. The van der Waals surface area contributed by atoms with E-state index < -0.39 is 0 Å². The van der Waals surface area contributed by atoms with Gasteiger partial charge in [0.2, 0.25) is 5.95 Å². The van der Waals surface area contributed by atoms with Gasteiger partial charge in [0.05, 0.1) is 5.39 Å². The molecule has 0 saturated carbocycles. The third-order valence-electron chi connectivity index (χ3n) is 2.72. The maximum absolute atomic E-state index is 5.72. The zero-order chi connectivity index (χ0) is 11.0. The van der Waals surface area contributed by atoms with Gasteiger partial charge in [0.1, 0.15) is 11.5 Å². The average molecular weight is 235 g/mol. The van der Waals surface area contributed by atoms with Crippen LogP contribution in [0.25, 0.3) is 11.0 Å². The van der Waals surface area contributed by atoms with E-state index in [9.17, 15) is 0 Å². The molecule has 6 heteroatoms. The highest BCUT2D eigenvalue weighted by Gasteiger charge is 2.16. The van der Waals surface area contributed by atoms with Crippen LogP contribution in [-0.4, -0.2) is 39.5 Å². The summed E-state index contributed by atoms with van der Waals surface area (Å²) in [6, 6.07) is 2.01. The summed E-state index contributed by atoms with van der Waals surface area (Å²) in [4.78, 5) is 13.9. The SMILES string of the molecule is Nc1nc(N2CCSCC2)c2cc[nH]c2n1. The third-order valence-corrected chi connectivity index (χ3v) is 3.67. The number of H-pyrrole nitrogens is 1. The quantitative estimate of drug-likeness (QED) is 0.774. The molecule has 3 rings (SSSR count). The number of nitrogens with two attached hydrogens (primary N) is 1. The Morgan fingerprint density at radius 1 is 1.31 bits per heavy atom. The summed E-state index contributed by atoms with van der Waals surface area (Å²) in [6.45, 7) is 2.06. The molecule has 84 valence electrons. The van der Waals surface area contributed by atoms with Gasteiger partial charge in [-0.05, 0) is 6.07 Å². The Kier molecular flexibility index (Phi) is 2.36. The highest BCUT2D eigenvalue weighted by atomic mass is 32.2. The van der Waals surface area contributed by atoms with Crippen LogP contribution in [0.3, 0.4) is 0 Å². The van der Waals surface area contributed by atoms with Crippen LogP contribution in [0.15, 0.2) is 12.3 Å². The van der Waals surface area contributed by atoms with Gasteiger partial charge in [-0.2, -0.15) is 21.7 Å². The van der Waals surface area contributed by atoms with Crippen molar-refractivity contribution in [3.63, 3.8) is 0 Å². The minimum absolute atomic E-state index is 0.336. The van der Waals surface area contributed by atoms with Gasteiger partial charge in [0, 0.05) is 30.8 Å². The lowest BCUT2D eigenvalue weighted by atomic mass is 10.3. The Hall–Kier alpha value is -1.43. The van der Waals surface area contributed by atoms with E-state index in [0.717, 1.165) is 41.4 Å². The number of nitrogens with zero attached hydrogens (tertiary/aromatic N) is 3. The fourth-order valence-corrected chi connectivity index (χ4v) is 2.86. The second kappa shape index (κ2) is 3.86. The molecule has 1 aliphatic rings. The van der Waals surface area contributed by atoms with Gasteiger partial charge >= 0.3 is 0 Å². The van der Waals surface area contributed by atoms with Gasteiger partial charge in [-0.1, -0.05) is 0 Å². The molecule has 0 unspecified atom stereocenters. The molecule has 1 fully saturated rings. The number of anilines is 2. The number of hydrogen-bond donors (Lipinski definition) is 2. The largest absolute Gasteiger partial charge is 0.368 e. The number of aromatic amines is 1. The predicted octanol–water partition coefficient (Wildman–Crippen LogP) is 1.09. The molecule has 1 aliphatic heterocycles. The molecule has 0 amide bonds. The van der Waals surface area contributed by atoms with Crippen LogP contribution in [0.1, 0.15) is 0 Å². The summed E-state index contributed by atoms with van der Waals surface area (Å²) in [5.41, 5.74) is 6.54. The standard InChI is InChI=1S/C10H13N5S/c11-10-13-8-7(1-2-12-8)9(14-10)15-3-5-16-6-4-15/h1-2H,3-6H2,(H3,11,12,13,14). The van der Waals surface area contributed by atoms with Crippen LogP contribution in [0.2, 0.25) is 0 Å². The van der Waals surface area contributed by atoms with Gasteiger partial charge in [-0.3, -0.25) is 0 Å². The molecule has 0 radical (unpaired) electrons. The summed E-state index contributed by atoms with van der Waals surface area (Å²) < 4.78 is 0. The van der Waals surface area contributed by atoms with Crippen LogP contribution >= 0.6 is 11.8 Å². The molecule has 2 aromatic rings. The van der Waals surface area contributed by atoms with Crippen molar-refractivity contribution in [1.82, 2.24) is 15.0 Å². The third kappa shape index (κ3) is 1.59. The molecule has 3 heterocycles. The molecule has 0 spiro atoms. The minimum atomic E-state index is 0.336. The van der Waals surface area contributed by atoms with E-state index >= 15 is 0 Å². The molecule has 5 nitrogen and oxygen atoms in total. The number of hydrogen-bond acceptors (Lipinski definition) is 5. The normalized spacial score (nSPS) is 16.9. The second-order valence-corrected chi connectivity index (χ2v) is 4.97. The Morgan fingerprint density at radius 3 is 2.94 bits per heavy atom. The monoisotopic (exact) mass is 235 g/mol. The number of nitrogen functional groups attached to an aromatic ring is 1. The van der Waals surface area contributed by atoms with Gasteiger partial charge in [0.15, 0.2) is 0 Å². The molecule has 0 atom stereocenters. The smallest absolute Gasteiger partial charge is 0.223 e. The molecule has 0 aliphatic carbocycles. The van der Waals surface area contributed by atoms with E-state index in [1.165, 1.54) is 0 Å². The molecule has 2 aromatic heterocycles. The summed E-state index contributed by atoms with van der Waals surface area (Å²) >= 11 is 1.98. The predicted molar refractivity (Wildman–Crippen MR) is 67.8 cm³/mol. The fraction of sp³-hybridized carbons (Fsp3) is 0.400. The molecule has 16 heavy (non-hydrogen) atoms. The highest BCUT2D eigenvalue weighted by Crippen LogP contribution is 2.25. The molecular weight excluding hydrogens is 222 g/mol. The molecule has 1 saturated heterocycles. The summed E-state index contributed by atoms with van der Waals surface area (Å²) in [6.07, 6.45) is 1.88. The van der Waals surface area contributed by atoms with Crippen molar-refractivity contribution in [3.8, 4) is 0 Å². The van der Waals surface area contributed by atoms with Crippen molar-refractivity contribution in [2.45, 2.75) is 0 Å². The first-order valence-corrected chi connectivity index (χ1v) is 6.43. The van der Waals surface area contributed by atoms with Crippen LogP contribution in [0, 0.1) is 0 Å². The highest BCUT2D eigenvalue weighted by molar-refractivity contribution is 7.99. The topological polar surface area (TPSA) is 70.8 Å². The van der Waals surface area contributed by atoms with Gasteiger partial charge in [0.25, 0.3) is 0 Å². The Balaban J connectivity index is 2.09. The number of aromatic nitrogens is 3. The molecule has 3 N–H and O–H groups in total. The number of rotatable bonds is 1. The van der Waals surface area contributed by atoms with Crippen molar-refractivity contribution in [3.05, 3.63) is 12.3 Å². The average Bonchev–Trinajstić information content (AvgIpc) is 2.77. The van der Waals surface area contributed by atoms with E-state index in [-0.39, 0.29) is 0 Å². The van der Waals surface area contributed by atoms with Crippen molar-refractivity contribution in [2.24, 2.45) is 0 Å². The summed E-state index contributed by atoms with van der Waals surface area (Å²) in [5.74, 6) is 3.60. The Morgan fingerprint density at radius 2 is 2.12 bits per heavy atom. The first-order valence-electron chi connectivity index (χ1n) is 5.28. The van der Waals surface area contributed by atoms with Gasteiger partial charge in [-0.15, -0.1) is 0 Å². The van der Waals surface area contributed by atoms with Crippen LogP contribution in [-0.2, 0) is 0 Å². The van der Waals surface area contributed by atoms with Crippen molar-refractivity contribution < 1.29 is 0 Å². The number of fused-ring (bicyclic) bond motifs is 1. The van der Waals surface area contributed by atoms with Crippen molar-refractivity contribution >= 4 is 34.6 Å². The van der Waals surface area contributed by atoms with E-state index in [0.29, 0.717) is 5.95 Å². The summed E-state index contributed by atoms with van der Waals surface area (Å²) in [5, 5.41) is 1.06. The Bertz CT molecular complexity index is 503. The van der Waals surface area contributed by atoms with E-state index in [4.69, 9.17) is 5.73 Å². The van der Waals surface area contributed by atoms with Crippen LogP contribution in [0.4, 0.5) is 11.8 Å². The number of nitrogens with one attached hydrogen (secondary N) is 1. The second-order valence-electron chi connectivity index (χ2n) is 3.74. The minimum Gasteiger partial charge on any atom is -0.368 e. The van der Waals surface area contributed by atoms with Gasteiger partial charge in [-0.25, -0.2) is 0 Å². The van der Waals surface area contributed by atoms with E-state index in [1.807, 2.05) is 24.0 Å². The fourth-order valence-electron chi connectivity index (χ4n) is 1.96. The molecule has 0 aromatic carbocycles.